The summed E-state index contributed by atoms with van der Waals surface area (Å²) >= 11 is 0. The molecule has 0 bridgehead atoms. The van der Waals surface area contributed by atoms with Crippen LogP contribution in [0.15, 0.2) is 12.1 Å². The Balaban J connectivity index is 1.82. The average molecular weight is 391 g/mol. The number of hydrogen-bond donors (Lipinski definition) is 3. The van der Waals surface area contributed by atoms with E-state index in [4.69, 9.17) is 5.11 Å². The maximum absolute atomic E-state index is 14.3. The fourth-order valence-corrected chi connectivity index (χ4v) is 3.59. The molecule has 8 nitrogen and oxygen atoms in total. The van der Waals surface area contributed by atoms with E-state index < -0.39 is 29.6 Å². The number of aliphatic hydroxyl groups excluding tert-OH is 1. The Hall–Kier alpha value is -2.81. The van der Waals surface area contributed by atoms with E-state index in [-0.39, 0.29) is 48.2 Å². The molecule has 3 rings (SSSR count). The Bertz CT molecular complexity index is 822. The lowest BCUT2D eigenvalue weighted by atomic mass is 9.81. The maximum atomic E-state index is 14.3. The highest BCUT2D eigenvalue weighted by Crippen LogP contribution is 2.31. The summed E-state index contributed by atoms with van der Waals surface area (Å²) < 4.78 is 14.3. The lowest BCUT2D eigenvalue weighted by Crippen LogP contribution is -2.53. The second-order valence-electron chi connectivity index (χ2n) is 7.28. The van der Waals surface area contributed by atoms with Crippen LogP contribution in [0.1, 0.15) is 46.4 Å². The second-order valence-corrected chi connectivity index (χ2v) is 7.28. The summed E-state index contributed by atoms with van der Waals surface area (Å²) in [5.74, 6) is -2.07. The van der Waals surface area contributed by atoms with Crippen LogP contribution in [0.5, 0.6) is 0 Å². The van der Waals surface area contributed by atoms with Gasteiger partial charge in [0.1, 0.15) is 11.9 Å². The number of aliphatic hydroxyl groups is 1. The molecule has 1 atom stereocenters. The van der Waals surface area contributed by atoms with Gasteiger partial charge >= 0.3 is 0 Å². The van der Waals surface area contributed by atoms with Crippen molar-refractivity contribution in [2.75, 3.05) is 19.0 Å². The predicted molar refractivity (Wildman–Crippen MR) is 97.3 cm³/mol. The first-order chi connectivity index (χ1) is 13.3. The first-order valence-electron chi connectivity index (χ1n) is 9.11. The minimum absolute atomic E-state index is 0.0236. The summed E-state index contributed by atoms with van der Waals surface area (Å²) in [6.45, 7) is 0.0746. The zero-order valence-corrected chi connectivity index (χ0v) is 15.4. The molecule has 28 heavy (non-hydrogen) atoms. The summed E-state index contributed by atoms with van der Waals surface area (Å²) in [6.07, 6.45) is 2.05. The summed E-state index contributed by atoms with van der Waals surface area (Å²) in [4.78, 5) is 48.7. The zero-order valence-electron chi connectivity index (χ0n) is 15.4. The number of nitrogens with one attached hydrogen (secondary N) is 2. The van der Waals surface area contributed by atoms with Crippen LogP contribution >= 0.6 is 0 Å². The van der Waals surface area contributed by atoms with Crippen molar-refractivity contribution in [3.05, 3.63) is 29.1 Å². The molecule has 1 aromatic carbocycles. The van der Waals surface area contributed by atoms with Gasteiger partial charge in [-0.1, -0.05) is 0 Å². The van der Waals surface area contributed by atoms with E-state index >= 15 is 0 Å². The molecule has 1 aliphatic carbocycles. The van der Waals surface area contributed by atoms with Crippen molar-refractivity contribution < 1.29 is 28.7 Å². The first-order valence-corrected chi connectivity index (χ1v) is 9.11. The lowest BCUT2D eigenvalue weighted by molar-refractivity contribution is -0.136. The monoisotopic (exact) mass is 391 g/mol. The van der Waals surface area contributed by atoms with E-state index in [0.717, 1.165) is 11.0 Å². The van der Waals surface area contributed by atoms with Gasteiger partial charge in [0, 0.05) is 31.7 Å². The van der Waals surface area contributed by atoms with Gasteiger partial charge in [-0.25, -0.2) is 4.39 Å². The highest BCUT2D eigenvalue weighted by Gasteiger charge is 2.34. The van der Waals surface area contributed by atoms with Crippen molar-refractivity contribution in [2.45, 2.75) is 37.8 Å². The number of carbonyl (C=O) groups is 4. The topological polar surface area (TPSA) is 116 Å². The van der Waals surface area contributed by atoms with Crippen LogP contribution in [-0.2, 0) is 9.59 Å². The van der Waals surface area contributed by atoms with Crippen LogP contribution in [0.4, 0.5) is 10.1 Å². The number of benzene rings is 1. The summed E-state index contributed by atoms with van der Waals surface area (Å²) in [5, 5.41) is 14.3. The largest absolute Gasteiger partial charge is 0.396 e. The number of halogens is 1. The van der Waals surface area contributed by atoms with E-state index in [0.29, 0.717) is 19.1 Å². The number of anilines is 1. The minimum atomic E-state index is -0.844. The number of likely N-dealkylation sites (N-methyl/N-ethyl adjacent to an activating group) is 1. The molecule has 150 valence electrons. The fourth-order valence-electron chi connectivity index (χ4n) is 3.59. The van der Waals surface area contributed by atoms with E-state index in [1.165, 1.54) is 13.1 Å². The van der Waals surface area contributed by atoms with Crippen molar-refractivity contribution in [2.24, 2.45) is 5.92 Å². The van der Waals surface area contributed by atoms with Gasteiger partial charge in [0.15, 0.2) is 6.29 Å². The molecule has 2 aliphatic rings. The molecular weight excluding hydrogens is 369 g/mol. The van der Waals surface area contributed by atoms with Crippen molar-refractivity contribution in [1.82, 2.24) is 10.2 Å². The van der Waals surface area contributed by atoms with E-state index in [1.807, 2.05) is 0 Å². The van der Waals surface area contributed by atoms with Crippen LogP contribution in [0, 0.1) is 11.7 Å². The highest BCUT2D eigenvalue weighted by molar-refractivity contribution is 6.06. The number of amides is 3. The van der Waals surface area contributed by atoms with Gasteiger partial charge in [0.2, 0.25) is 11.8 Å². The van der Waals surface area contributed by atoms with Crippen molar-refractivity contribution in [1.29, 1.82) is 0 Å². The molecule has 1 saturated heterocycles. The molecule has 2 fully saturated rings. The lowest BCUT2D eigenvalue weighted by Gasteiger charge is -2.35. The molecule has 0 spiro atoms. The number of imide groups is 1. The van der Waals surface area contributed by atoms with Gasteiger partial charge in [-0.15, -0.1) is 0 Å². The van der Waals surface area contributed by atoms with Gasteiger partial charge < -0.3 is 15.3 Å². The molecule has 1 aromatic rings. The van der Waals surface area contributed by atoms with Gasteiger partial charge in [0.25, 0.3) is 5.91 Å². The van der Waals surface area contributed by atoms with Crippen LogP contribution in [0.3, 0.4) is 0 Å². The average Bonchev–Trinajstić information content (AvgIpc) is 2.63. The number of piperidine rings is 1. The Morgan fingerprint density at radius 1 is 1.39 bits per heavy atom. The number of nitrogens with zero attached hydrogens (tertiary/aromatic N) is 1. The van der Waals surface area contributed by atoms with Gasteiger partial charge in [0.05, 0.1) is 11.3 Å². The van der Waals surface area contributed by atoms with Gasteiger partial charge in [-0.3, -0.25) is 24.5 Å². The SMILES string of the molecule is CN(C(=O)c1cc(NC2CC(CO)C2)c(F)cc1C=O)C1CCC(=O)NC1=O. The normalized spacial score (nSPS) is 24.2. The van der Waals surface area contributed by atoms with Crippen LogP contribution in [0.25, 0.3) is 0 Å². The van der Waals surface area contributed by atoms with Gasteiger partial charge in [-0.05, 0) is 37.3 Å². The molecule has 1 heterocycles. The van der Waals surface area contributed by atoms with Crippen molar-refractivity contribution in [3.63, 3.8) is 0 Å². The quantitative estimate of drug-likeness (QED) is 0.486. The number of hydrogen-bond acceptors (Lipinski definition) is 6. The zero-order chi connectivity index (χ0) is 20.4. The molecule has 3 N–H and O–H groups in total. The minimum Gasteiger partial charge on any atom is -0.396 e. The number of carbonyl (C=O) groups excluding carboxylic acids is 4. The van der Waals surface area contributed by atoms with Crippen molar-refractivity contribution in [3.8, 4) is 0 Å². The number of rotatable bonds is 6. The number of aldehydes is 1. The van der Waals surface area contributed by atoms with E-state index in [9.17, 15) is 23.6 Å². The Labute approximate surface area is 161 Å². The summed E-state index contributed by atoms with van der Waals surface area (Å²) in [7, 11) is 1.41. The molecule has 0 radical (unpaired) electrons. The van der Waals surface area contributed by atoms with Crippen LogP contribution in [0.2, 0.25) is 0 Å². The van der Waals surface area contributed by atoms with Gasteiger partial charge in [-0.2, -0.15) is 0 Å². The predicted octanol–water partition coefficient (Wildman–Crippen LogP) is 0.698. The molecule has 1 unspecified atom stereocenters. The third kappa shape index (κ3) is 3.89. The first kappa shape index (κ1) is 19.9. The molecule has 1 saturated carbocycles. The second kappa shape index (κ2) is 8.05. The standard InChI is InChI=1S/C19H22FN3O5/c1-23(16-2-3-17(26)22-18(16)27)19(28)13-7-15(14(20)6-11(13)9-25)21-12-4-10(5-12)8-24/h6-7,9-10,12,16,21,24H,2-5,8H2,1H3,(H,22,26,27). The molecule has 9 heteroatoms. The Morgan fingerprint density at radius 2 is 2.11 bits per heavy atom. The van der Waals surface area contributed by atoms with E-state index in [2.05, 4.69) is 10.6 Å². The van der Waals surface area contributed by atoms with E-state index in [1.54, 1.807) is 0 Å². The third-order valence-electron chi connectivity index (χ3n) is 5.35. The highest BCUT2D eigenvalue weighted by atomic mass is 19.1. The van der Waals surface area contributed by atoms with Crippen LogP contribution in [-0.4, -0.2) is 59.8 Å². The maximum Gasteiger partial charge on any atom is 0.255 e. The molecule has 0 aromatic heterocycles. The molecule has 3 amide bonds. The fraction of sp³-hybridized carbons (Fsp3) is 0.474. The summed E-state index contributed by atoms with van der Waals surface area (Å²) in [6, 6.07) is 1.40. The van der Waals surface area contributed by atoms with Crippen molar-refractivity contribution >= 4 is 29.7 Å². The molecular formula is C19H22FN3O5. The molecule has 1 aliphatic heterocycles. The Kier molecular flexibility index (Phi) is 5.73. The summed E-state index contributed by atoms with van der Waals surface area (Å²) in [5.41, 5.74) is -0.0508. The smallest absolute Gasteiger partial charge is 0.255 e. The third-order valence-corrected chi connectivity index (χ3v) is 5.35. The Morgan fingerprint density at radius 3 is 2.71 bits per heavy atom. The van der Waals surface area contributed by atoms with Crippen LogP contribution < -0.4 is 10.6 Å².